The Morgan fingerprint density at radius 1 is 1.28 bits per heavy atom. The molecule has 2 N–H and O–H groups in total. The van der Waals surface area contributed by atoms with E-state index < -0.39 is 5.97 Å². The fourth-order valence-corrected chi connectivity index (χ4v) is 4.03. The number of aromatic amines is 1. The Balaban J connectivity index is 1.74. The van der Waals surface area contributed by atoms with Crippen molar-refractivity contribution in [1.29, 1.82) is 0 Å². The number of aromatic carboxylic acids is 1. The minimum Gasteiger partial charge on any atom is -0.478 e. The first kappa shape index (κ1) is 16.2. The second-order valence-electron chi connectivity index (χ2n) is 6.65. The fourth-order valence-electron chi connectivity index (χ4n) is 3.76. The first-order chi connectivity index (χ1) is 12.0. The number of carboxylic acid groups (broad SMARTS) is 1. The van der Waals surface area contributed by atoms with Gasteiger partial charge >= 0.3 is 5.97 Å². The Hall–Kier alpha value is -2.30. The van der Waals surface area contributed by atoms with Crippen molar-refractivity contribution in [3.05, 3.63) is 58.7 Å². The molecule has 3 aromatic rings. The third-order valence-electron chi connectivity index (χ3n) is 5.13. The predicted molar refractivity (Wildman–Crippen MR) is 100 cm³/mol. The van der Waals surface area contributed by atoms with Crippen molar-refractivity contribution in [3.63, 3.8) is 0 Å². The van der Waals surface area contributed by atoms with E-state index in [2.05, 4.69) is 41.2 Å². The lowest BCUT2D eigenvalue weighted by atomic mass is 9.98. The molecule has 2 heterocycles. The van der Waals surface area contributed by atoms with E-state index in [1.54, 1.807) is 6.07 Å². The van der Waals surface area contributed by atoms with E-state index >= 15 is 0 Å². The number of halogens is 1. The maximum absolute atomic E-state index is 11.4. The number of carboxylic acids is 1. The zero-order chi connectivity index (χ0) is 17.6. The lowest BCUT2D eigenvalue weighted by Crippen LogP contribution is -2.17. The van der Waals surface area contributed by atoms with Crippen molar-refractivity contribution in [1.82, 2.24) is 9.88 Å². The molecular formula is C20H19ClN2O2. The summed E-state index contributed by atoms with van der Waals surface area (Å²) in [6.45, 7) is 1.14. The van der Waals surface area contributed by atoms with Gasteiger partial charge in [-0.05, 0) is 49.7 Å². The highest BCUT2D eigenvalue weighted by atomic mass is 35.5. The van der Waals surface area contributed by atoms with Crippen LogP contribution < -0.4 is 0 Å². The minimum absolute atomic E-state index is 0.261. The molecular weight excluding hydrogens is 336 g/mol. The minimum atomic E-state index is -0.945. The van der Waals surface area contributed by atoms with Gasteiger partial charge < -0.3 is 10.1 Å². The second kappa shape index (κ2) is 6.21. The van der Waals surface area contributed by atoms with Gasteiger partial charge in [0.05, 0.1) is 10.6 Å². The number of hydrogen-bond acceptors (Lipinski definition) is 2. The molecule has 0 saturated carbocycles. The molecule has 1 aliphatic rings. The van der Waals surface area contributed by atoms with E-state index in [0.717, 1.165) is 23.2 Å². The number of nitrogens with zero attached hydrogens (tertiary/aromatic N) is 1. The Labute approximate surface area is 151 Å². The normalized spacial score (nSPS) is 18.1. The quantitative estimate of drug-likeness (QED) is 0.699. The third kappa shape index (κ3) is 2.81. The van der Waals surface area contributed by atoms with Gasteiger partial charge in [0.15, 0.2) is 0 Å². The van der Waals surface area contributed by atoms with Crippen molar-refractivity contribution >= 4 is 28.5 Å². The van der Waals surface area contributed by atoms with Gasteiger partial charge in [0, 0.05) is 28.7 Å². The van der Waals surface area contributed by atoms with E-state index in [4.69, 9.17) is 11.6 Å². The standard InChI is InChI=1S/C20H19ClN2O2/c1-23-8-2-3-19(23)13-6-4-12(5-7-13)14-9-15-16(20(24)25)11-22-18(15)10-17(14)21/h4-7,9-11,19,22H,2-3,8H2,1H3,(H,24,25)/t19-/m1/s1. The highest BCUT2D eigenvalue weighted by molar-refractivity contribution is 6.34. The molecule has 0 aliphatic carbocycles. The molecule has 1 aromatic heterocycles. The third-order valence-corrected chi connectivity index (χ3v) is 5.44. The summed E-state index contributed by atoms with van der Waals surface area (Å²) in [7, 11) is 2.16. The smallest absolute Gasteiger partial charge is 0.337 e. The predicted octanol–water partition coefficient (Wildman–Crippen LogP) is 4.95. The van der Waals surface area contributed by atoms with Gasteiger partial charge in [-0.1, -0.05) is 35.9 Å². The van der Waals surface area contributed by atoms with Crippen LogP contribution >= 0.6 is 11.6 Å². The molecule has 25 heavy (non-hydrogen) atoms. The average Bonchev–Trinajstić information content (AvgIpc) is 3.20. The largest absolute Gasteiger partial charge is 0.478 e. The Bertz CT molecular complexity index is 946. The first-order valence-corrected chi connectivity index (χ1v) is 8.77. The summed E-state index contributed by atoms with van der Waals surface area (Å²) in [6, 6.07) is 12.6. The van der Waals surface area contributed by atoms with Crippen LogP contribution in [0.4, 0.5) is 0 Å². The second-order valence-corrected chi connectivity index (χ2v) is 7.05. The monoisotopic (exact) mass is 354 g/mol. The summed E-state index contributed by atoms with van der Waals surface area (Å²) in [5.74, 6) is -0.945. The maximum atomic E-state index is 11.4. The molecule has 0 radical (unpaired) electrons. The highest BCUT2D eigenvalue weighted by Gasteiger charge is 2.22. The van der Waals surface area contributed by atoms with E-state index in [0.29, 0.717) is 16.5 Å². The molecule has 1 atom stereocenters. The zero-order valence-electron chi connectivity index (χ0n) is 13.9. The summed E-state index contributed by atoms with van der Waals surface area (Å²) in [6.07, 6.45) is 3.93. The molecule has 128 valence electrons. The van der Waals surface area contributed by atoms with Gasteiger partial charge in [-0.25, -0.2) is 4.79 Å². The van der Waals surface area contributed by atoms with Crippen LogP contribution in [0, 0.1) is 0 Å². The van der Waals surface area contributed by atoms with Crippen LogP contribution in [0.15, 0.2) is 42.6 Å². The fraction of sp³-hybridized carbons (Fsp3) is 0.250. The molecule has 0 bridgehead atoms. The van der Waals surface area contributed by atoms with E-state index in [-0.39, 0.29) is 5.56 Å². The number of rotatable bonds is 3. The number of likely N-dealkylation sites (tertiary alicyclic amines) is 1. The number of carbonyl (C=O) groups is 1. The van der Waals surface area contributed by atoms with Crippen LogP contribution in [0.3, 0.4) is 0 Å². The number of nitrogens with one attached hydrogen (secondary N) is 1. The molecule has 1 fully saturated rings. The molecule has 0 unspecified atom stereocenters. The molecule has 2 aromatic carbocycles. The first-order valence-electron chi connectivity index (χ1n) is 8.39. The van der Waals surface area contributed by atoms with Gasteiger partial charge in [-0.15, -0.1) is 0 Å². The van der Waals surface area contributed by atoms with Crippen molar-refractivity contribution < 1.29 is 9.90 Å². The van der Waals surface area contributed by atoms with E-state index in [1.165, 1.54) is 24.6 Å². The van der Waals surface area contributed by atoms with Crippen LogP contribution in [-0.4, -0.2) is 34.6 Å². The van der Waals surface area contributed by atoms with Gasteiger partial charge in [0.25, 0.3) is 0 Å². The van der Waals surface area contributed by atoms with Gasteiger partial charge in [0.2, 0.25) is 0 Å². The Morgan fingerprint density at radius 3 is 2.68 bits per heavy atom. The number of hydrogen-bond donors (Lipinski definition) is 2. The van der Waals surface area contributed by atoms with Crippen LogP contribution in [0.5, 0.6) is 0 Å². The molecule has 4 rings (SSSR count). The van der Waals surface area contributed by atoms with E-state index in [9.17, 15) is 9.90 Å². The van der Waals surface area contributed by atoms with Crippen LogP contribution in [0.1, 0.15) is 34.8 Å². The van der Waals surface area contributed by atoms with Crippen molar-refractivity contribution in [2.75, 3.05) is 13.6 Å². The lowest BCUT2D eigenvalue weighted by molar-refractivity contribution is 0.0699. The average molecular weight is 355 g/mol. The SMILES string of the molecule is CN1CCC[C@@H]1c1ccc(-c2cc3c(C(=O)O)c[nH]c3cc2Cl)cc1. The lowest BCUT2D eigenvalue weighted by Gasteiger charge is -2.20. The summed E-state index contributed by atoms with van der Waals surface area (Å²) in [4.78, 5) is 16.7. The van der Waals surface area contributed by atoms with Crippen molar-refractivity contribution in [2.24, 2.45) is 0 Å². The number of aromatic nitrogens is 1. The number of benzene rings is 2. The summed E-state index contributed by atoms with van der Waals surface area (Å²) < 4.78 is 0. The van der Waals surface area contributed by atoms with Crippen LogP contribution in [0.2, 0.25) is 5.02 Å². The topological polar surface area (TPSA) is 56.3 Å². The zero-order valence-corrected chi connectivity index (χ0v) is 14.7. The molecule has 4 nitrogen and oxygen atoms in total. The Kier molecular flexibility index (Phi) is 4.02. The van der Waals surface area contributed by atoms with Crippen LogP contribution in [-0.2, 0) is 0 Å². The van der Waals surface area contributed by atoms with E-state index in [1.807, 2.05) is 6.07 Å². The molecule has 0 amide bonds. The molecule has 1 saturated heterocycles. The van der Waals surface area contributed by atoms with Gasteiger partial charge in [-0.2, -0.15) is 0 Å². The summed E-state index contributed by atoms with van der Waals surface area (Å²) >= 11 is 6.44. The summed E-state index contributed by atoms with van der Waals surface area (Å²) in [5, 5.41) is 10.6. The van der Waals surface area contributed by atoms with Crippen molar-refractivity contribution in [2.45, 2.75) is 18.9 Å². The Morgan fingerprint density at radius 2 is 2.04 bits per heavy atom. The molecule has 5 heteroatoms. The highest BCUT2D eigenvalue weighted by Crippen LogP contribution is 2.35. The maximum Gasteiger partial charge on any atom is 0.337 e. The summed E-state index contributed by atoms with van der Waals surface area (Å²) in [5.41, 5.74) is 4.15. The van der Waals surface area contributed by atoms with Crippen molar-refractivity contribution in [3.8, 4) is 11.1 Å². The van der Waals surface area contributed by atoms with Crippen LogP contribution in [0.25, 0.3) is 22.0 Å². The molecule has 0 spiro atoms. The van der Waals surface area contributed by atoms with Gasteiger partial charge in [-0.3, -0.25) is 4.90 Å². The number of fused-ring (bicyclic) bond motifs is 1. The number of H-pyrrole nitrogens is 1. The molecule has 1 aliphatic heterocycles. The van der Waals surface area contributed by atoms with Gasteiger partial charge in [0.1, 0.15) is 0 Å².